The number of ether oxygens (including phenoxy) is 1. The molecule has 0 unspecified atom stereocenters. The summed E-state index contributed by atoms with van der Waals surface area (Å²) >= 11 is 3.43. The summed E-state index contributed by atoms with van der Waals surface area (Å²) in [6.07, 6.45) is 5.69. The van der Waals surface area contributed by atoms with E-state index in [1.54, 1.807) is 0 Å². The highest BCUT2D eigenvalue weighted by Gasteiger charge is 2.35. The number of benzene rings is 1. The Hall–Kier alpha value is -0.540. The summed E-state index contributed by atoms with van der Waals surface area (Å²) in [5.41, 5.74) is 6.95. The van der Waals surface area contributed by atoms with Crippen molar-refractivity contribution in [2.45, 2.75) is 58.4 Å². The minimum atomic E-state index is -0.0306. The second-order valence-electron chi connectivity index (χ2n) is 7.56. The van der Waals surface area contributed by atoms with Crippen molar-refractivity contribution in [3.8, 4) is 5.75 Å². The van der Waals surface area contributed by atoms with Crippen LogP contribution in [0.15, 0.2) is 28.7 Å². The largest absolute Gasteiger partial charge is 0.494 e. The van der Waals surface area contributed by atoms with Crippen LogP contribution < -0.4 is 10.5 Å². The molecule has 0 radical (unpaired) electrons. The molecule has 0 heterocycles. The third kappa shape index (κ3) is 5.00. The lowest BCUT2D eigenvalue weighted by atomic mass is 9.67. The molecular formula is C18H28BrNO. The molecule has 0 atom stereocenters. The molecule has 1 fully saturated rings. The standard InChI is InChI=1S/C18H28BrNO/c1-17(2,3)14-8-10-18(20,11-9-14)12-13-21-16-6-4-15(19)5-7-16/h4-7,14H,8-13,20H2,1-3H3. The maximum atomic E-state index is 6.57. The molecule has 0 bridgehead atoms. The van der Waals surface area contributed by atoms with Gasteiger partial charge in [0.2, 0.25) is 0 Å². The Kier molecular flexibility index (Phi) is 5.37. The van der Waals surface area contributed by atoms with Crippen LogP contribution in [0.4, 0.5) is 0 Å². The minimum Gasteiger partial charge on any atom is -0.494 e. The predicted molar refractivity (Wildman–Crippen MR) is 92.6 cm³/mol. The van der Waals surface area contributed by atoms with Gasteiger partial charge in [0.15, 0.2) is 0 Å². The van der Waals surface area contributed by atoms with Crippen molar-refractivity contribution in [2.75, 3.05) is 6.61 Å². The topological polar surface area (TPSA) is 35.2 Å². The van der Waals surface area contributed by atoms with Gasteiger partial charge in [0.05, 0.1) is 6.61 Å². The van der Waals surface area contributed by atoms with Gasteiger partial charge in [-0.2, -0.15) is 0 Å². The average molecular weight is 354 g/mol. The van der Waals surface area contributed by atoms with Gasteiger partial charge in [-0.1, -0.05) is 36.7 Å². The first-order chi connectivity index (χ1) is 9.78. The van der Waals surface area contributed by atoms with E-state index in [0.717, 1.165) is 35.4 Å². The summed E-state index contributed by atoms with van der Waals surface area (Å²) < 4.78 is 6.90. The summed E-state index contributed by atoms with van der Waals surface area (Å²) in [5, 5.41) is 0. The lowest BCUT2D eigenvalue weighted by Gasteiger charge is -2.42. The maximum Gasteiger partial charge on any atom is 0.119 e. The third-order valence-corrected chi connectivity index (χ3v) is 5.42. The first-order valence-electron chi connectivity index (χ1n) is 7.96. The van der Waals surface area contributed by atoms with Crippen molar-refractivity contribution in [3.05, 3.63) is 28.7 Å². The van der Waals surface area contributed by atoms with Crippen LogP contribution in [0.1, 0.15) is 52.9 Å². The van der Waals surface area contributed by atoms with Gasteiger partial charge in [0, 0.05) is 10.0 Å². The molecule has 0 spiro atoms. The second-order valence-corrected chi connectivity index (χ2v) is 8.47. The summed E-state index contributed by atoms with van der Waals surface area (Å²) in [6.45, 7) is 7.74. The molecule has 2 rings (SSSR count). The van der Waals surface area contributed by atoms with Gasteiger partial charge in [-0.25, -0.2) is 0 Å². The predicted octanol–water partition coefficient (Wildman–Crippen LogP) is 5.15. The van der Waals surface area contributed by atoms with Crippen LogP contribution in [0.5, 0.6) is 5.75 Å². The van der Waals surface area contributed by atoms with Crippen LogP contribution in [-0.4, -0.2) is 12.1 Å². The van der Waals surface area contributed by atoms with E-state index in [1.807, 2.05) is 24.3 Å². The van der Waals surface area contributed by atoms with Crippen LogP contribution in [0.2, 0.25) is 0 Å². The smallest absolute Gasteiger partial charge is 0.119 e. The lowest BCUT2D eigenvalue weighted by molar-refractivity contribution is 0.119. The van der Waals surface area contributed by atoms with E-state index >= 15 is 0 Å². The lowest BCUT2D eigenvalue weighted by Crippen LogP contribution is -2.46. The Morgan fingerprint density at radius 3 is 2.29 bits per heavy atom. The number of rotatable bonds is 4. The van der Waals surface area contributed by atoms with Crippen molar-refractivity contribution < 1.29 is 4.74 Å². The van der Waals surface area contributed by atoms with Gasteiger partial charge in [-0.05, 0) is 67.7 Å². The summed E-state index contributed by atoms with van der Waals surface area (Å²) in [7, 11) is 0. The highest BCUT2D eigenvalue weighted by Crippen LogP contribution is 2.41. The molecule has 1 aromatic carbocycles. The molecule has 0 saturated heterocycles. The van der Waals surface area contributed by atoms with Crippen molar-refractivity contribution in [1.29, 1.82) is 0 Å². The van der Waals surface area contributed by atoms with Gasteiger partial charge in [0.25, 0.3) is 0 Å². The summed E-state index contributed by atoms with van der Waals surface area (Å²) in [6, 6.07) is 7.98. The first-order valence-corrected chi connectivity index (χ1v) is 8.75. The molecule has 1 aliphatic carbocycles. The zero-order chi connectivity index (χ0) is 15.5. The molecular weight excluding hydrogens is 326 g/mol. The average Bonchev–Trinajstić information content (AvgIpc) is 2.40. The van der Waals surface area contributed by atoms with Gasteiger partial charge in [-0.15, -0.1) is 0 Å². The minimum absolute atomic E-state index is 0.0306. The molecule has 2 N–H and O–H groups in total. The Balaban J connectivity index is 1.77. The zero-order valence-corrected chi connectivity index (χ0v) is 15.1. The number of hydrogen-bond donors (Lipinski definition) is 1. The quantitative estimate of drug-likeness (QED) is 0.811. The Morgan fingerprint density at radius 1 is 1.19 bits per heavy atom. The number of halogens is 1. The van der Waals surface area contributed by atoms with E-state index in [9.17, 15) is 0 Å². The summed E-state index contributed by atoms with van der Waals surface area (Å²) in [5.74, 6) is 1.73. The molecule has 0 aliphatic heterocycles. The van der Waals surface area contributed by atoms with Crippen LogP contribution in [0.3, 0.4) is 0 Å². The van der Waals surface area contributed by atoms with E-state index in [4.69, 9.17) is 10.5 Å². The summed E-state index contributed by atoms with van der Waals surface area (Å²) in [4.78, 5) is 0. The first kappa shape index (κ1) is 16.8. The van der Waals surface area contributed by atoms with Crippen LogP contribution in [0.25, 0.3) is 0 Å². The van der Waals surface area contributed by atoms with E-state index in [1.165, 1.54) is 12.8 Å². The normalized spacial score (nSPS) is 26.6. The van der Waals surface area contributed by atoms with E-state index in [-0.39, 0.29) is 5.54 Å². The van der Waals surface area contributed by atoms with E-state index in [0.29, 0.717) is 12.0 Å². The van der Waals surface area contributed by atoms with Gasteiger partial charge in [-0.3, -0.25) is 0 Å². The number of hydrogen-bond acceptors (Lipinski definition) is 2. The number of nitrogens with two attached hydrogens (primary N) is 1. The van der Waals surface area contributed by atoms with Crippen LogP contribution in [-0.2, 0) is 0 Å². The molecule has 2 nitrogen and oxygen atoms in total. The molecule has 0 amide bonds. The van der Waals surface area contributed by atoms with Gasteiger partial charge >= 0.3 is 0 Å². The molecule has 0 aromatic heterocycles. The van der Waals surface area contributed by atoms with Crippen LogP contribution in [0, 0.1) is 11.3 Å². The van der Waals surface area contributed by atoms with Crippen molar-refractivity contribution >= 4 is 15.9 Å². The van der Waals surface area contributed by atoms with Gasteiger partial charge < -0.3 is 10.5 Å². The highest BCUT2D eigenvalue weighted by atomic mass is 79.9. The second kappa shape index (κ2) is 6.70. The molecule has 21 heavy (non-hydrogen) atoms. The van der Waals surface area contributed by atoms with Crippen molar-refractivity contribution in [3.63, 3.8) is 0 Å². The third-order valence-electron chi connectivity index (χ3n) is 4.89. The molecule has 1 aromatic rings. The Morgan fingerprint density at radius 2 is 1.76 bits per heavy atom. The highest BCUT2D eigenvalue weighted by molar-refractivity contribution is 9.10. The van der Waals surface area contributed by atoms with Crippen molar-refractivity contribution in [1.82, 2.24) is 0 Å². The Labute approximate surface area is 137 Å². The van der Waals surface area contributed by atoms with Gasteiger partial charge in [0.1, 0.15) is 5.75 Å². The maximum absolute atomic E-state index is 6.57. The SMILES string of the molecule is CC(C)(C)C1CCC(N)(CCOc2ccc(Br)cc2)CC1. The van der Waals surface area contributed by atoms with E-state index in [2.05, 4.69) is 36.7 Å². The van der Waals surface area contributed by atoms with Crippen molar-refractivity contribution in [2.24, 2.45) is 17.1 Å². The molecule has 1 saturated carbocycles. The van der Waals surface area contributed by atoms with Crippen LogP contribution >= 0.6 is 15.9 Å². The fourth-order valence-electron chi connectivity index (χ4n) is 3.21. The fraction of sp³-hybridized carbons (Fsp3) is 0.667. The monoisotopic (exact) mass is 353 g/mol. The molecule has 118 valence electrons. The Bertz CT molecular complexity index is 441. The fourth-order valence-corrected chi connectivity index (χ4v) is 3.48. The molecule has 3 heteroatoms. The molecule has 1 aliphatic rings. The zero-order valence-electron chi connectivity index (χ0n) is 13.5. The van der Waals surface area contributed by atoms with E-state index < -0.39 is 0 Å².